The summed E-state index contributed by atoms with van der Waals surface area (Å²) >= 11 is 12.5. The number of fused-ring (bicyclic) bond motifs is 2. The molecule has 11 heteroatoms. The van der Waals surface area contributed by atoms with Gasteiger partial charge in [-0.05, 0) is 48.7 Å². The van der Waals surface area contributed by atoms with Gasteiger partial charge in [0.1, 0.15) is 17.7 Å². The van der Waals surface area contributed by atoms with Gasteiger partial charge in [0.05, 0.1) is 35.8 Å². The lowest BCUT2D eigenvalue weighted by atomic mass is 9.93. The number of halogens is 3. The minimum Gasteiger partial charge on any atom is -0.374 e. The van der Waals surface area contributed by atoms with Crippen LogP contribution in [-0.2, 0) is 16.0 Å². The predicted octanol–water partition coefficient (Wildman–Crippen LogP) is 3.59. The highest BCUT2D eigenvalue weighted by atomic mass is 35.5. The summed E-state index contributed by atoms with van der Waals surface area (Å²) in [7, 11) is 0. The van der Waals surface area contributed by atoms with Crippen LogP contribution in [0.25, 0.3) is 10.9 Å². The van der Waals surface area contributed by atoms with Crippen LogP contribution in [0.15, 0.2) is 29.1 Å². The first kappa shape index (κ1) is 24.0. The maximum Gasteiger partial charge on any atom is 0.258 e. The Hall–Kier alpha value is -2.72. The van der Waals surface area contributed by atoms with Crippen molar-refractivity contribution >= 4 is 45.7 Å². The third kappa shape index (κ3) is 4.73. The Balaban J connectivity index is 1.35. The maximum atomic E-state index is 14.8. The number of aromatic nitrogens is 2. The molecule has 3 N–H and O–H groups in total. The summed E-state index contributed by atoms with van der Waals surface area (Å²) in [4.78, 5) is 34.4. The van der Waals surface area contributed by atoms with Crippen LogP contribution < -0.4 is 16.2 Å². The molecular formula is C24H24Cl2FN5O3. The number of carbonyl (C=O) groups is 1. The van der Waals surface area contributed by atoms with Crippen molar-refractivity contribution in [3.05, 3.63) is 67.4 Å². The molecule has 2 atom stereocenters. The molecule has 3 aromatic rings. The van der Waals surface area contributed by atoms with Crippen LogP contribution >= 0.6 is 23.2 Å². The molecule has 35 heavy (non-hydrogen) atoms. The van der Waals surface area contributed by atoms with E-state index in [9.17, 15) is 14.0 Å². The van der Waals surface area contributed by atoms with E-state index in [1.165, 1.54) is 6.07 Å². The zero-order valence-electron chi connectivity index (χ0n) is 19.0. The number of H-pyrrole nitrogens is 1. The first-order valence-corrected chi connectivity index (χ1v) is 12.1. The van der Waals surface area contributed by atoms with Crippen LogP contribution in [0.5, 0.6) is 0 Å². The molecule has 0 saturated carbocycles. The van der Waals surface area contributed by atoms with Crippen LogP contribution in [0, 0.1) is 5.82 Å². The van der Waals surface area contributed by atoms with E-state index < -0.39 is 17.5 Å². The molecule has 1 unspecified atom stereocenters. The smallest absolute Gasteiger partial charge is 0.258 e. The molecule has 1 saturated heterocycles. The highest BCUT2D eigenvalue weighted by molar-refractivity contribution is 6.35. The molecule has 0 aliphatic carbocycles. The first-order valence-electron chi connectivity index (χ1n) is 11.4. The number of nitrogens with zero attached hydrogens (tertiary/aromatic N) is 2. The lowest BCUT2D eigenvalue weighted by Gasteiger charge is -2.36. The Kier molecular flexibility index (Phi) is 6.67. The number of aromatic amines is 1. The van der Waals surface area contributed by atoms with E-state index >= 15 is 0 Å². The van der Waals surface area contributed by atoms with Gasteiger partial charge in [0.25, 0.3) is 5.56 Å². The Morgan fingerprint density at radius 3 is 2.91 bits per heavy atom. The van der Waals surface area contributed by atoms with Crippen molar-refractivity contribution in [1.29, 1.82) is 0 Å². The second-order valence-corrected chi connectivity index (χ2v) is 9.53. The molecule has 2 aromatic carbocycles. The van der Waals surface area contributed by atoms with Gasteiger partial charge in [-0.15, -0.1) is 0 Å². The predicted molar refractivity (Wildman–Crippen MR) is 133 cm³/mol. The molecule has 1 aromatic heterocycles. The monoisotopic (exact) mass is 519 g/mol. The molecule has 184 valence electrons. The van der Waals surface area contributed by atoms with E-state index in [1.807, 2.05) is 13.0 Å². The molecule has 2 aliphatic rings. The minimum atomic E-state index is -0.643. The number of nitrogens with one attached hydrogen (secondary N) is 3. The summed E-state index contributed by atoms with van der Waals surface area (Å²) < 4.78 is 20.4. The van der Waals surface area contributed by atoms with E-state index in [1.54, 1.807) is 11.0 Å². The van der Waals surface area contributed by atoms with Gasteiger partial charge in [0.15, 0.2) is 0 Å². The summed E-state index contributed by atoms with van der Waals surface area (Å²) in [6.45, 7) is 4.03. The topological polar surface area (TPSA) is 99.3 Å². The number of ether oxygens (including phenoxy) is 1. The quantitative estimate of drug-likeness (QED) is 0.487. The summed E-state index contributed by atoms with van der Waals surface area (Å²) in [5, 5.41) is 7.27. The molecule has 0 bridgehead atoms. The number of anilines is 1. The molecule has 8 nitrogen and oxygen atoms in total. The number of hydrogen-bond acceptors (Lipinski definition) is 6. The Bertz CT molecular complexity index is 1360. The first-order chi connectivity index (χ1) is 16.8. The third-order valence-electron chi connectivity index (χ3n) is 6.48. The standard InChI is InChI=1S/C24H24Cl2FN5O3/c1-12-22-13(6-14(25)7-16(22)26)2-4-32(12)21(33)11-29-19-9-18-15(8-17(19)27)24(34)31-23(30-18)20-10-28-3-5-35-20/h6-9,12,20,28-29H,2-5,10-11H2,1H3,(H,30,31,34)/t12?,20-/m0/s1. The molecule has 0 spiro atoms. The Labute approximate surface area is 210 Å². The highest BCUT2D eigenvalue weighted by Gasteiger charge is 2.29. The molecule has 5 rings (SSSR count). The van der Waals surface area contributed by atoms with Crippen LogP contribution in [0.1, 0.15) is 36.0 Å². The van der Waals surface area contributed by atoms with E-state index in [0.717, 1.165) is 23.7 Å². The van der Waals surface area contributed by atoms with Crippen molar-refractivity contribution in [2.24, 2.45) is 0 Å². The second kappa shape index (κ2) is 9.73. The lowest BCUT2D eigenvalue weighted by Crippen LogP contribution is -2.42. The SMILES string of the molecule is CC1c2c(Cl)cc(Cl)cc2CCN1C(=O)CNc1cc2nc([C@@H]3CNCCO3)[nH]c(=O)c2cc1F. The Morgan fingerprint density at radius 1 is 1.31 bits per heavy atom. The van der Waals surface area contributed by atoms with Gasteiger partial charge in [0.2, 0.25) is 5.91 Å². The van der Waals surface area contributed by atoms with E-state index in [0.29, 0.717) is 47.5 Å². The number of rotatable bonds is 4. The summed E-state index contributed by atoms with van der Waals surface area (Å²) in [5.41, 5.74) is 1.86. The number of morpholine rings is 1. The fourth-order valence-electron chi connectivity index (χ4n) is 4.72. The van der Waals surface area contributed by atoms with Crippen molar-refractivity contribution in [3.63, 3.8) is 0 Å². The van der Waals surface area contributed by atoms with E-state index in [4.69, 9.17) is 27.9 Å². The molecule has 2 aliphatic heterocycles. The number of hydrogen-bond donors (Lipinski definition) is 3. The molecular weight excluding hydrogens is 496 g/mol. The minimum absolute atomic E-state index is 0.0902. The summed E-state index contributed by atoms with van der Waals surface area (Å²) in [6.07, 6.45) is 0.234. The summed E-state index contributed by atoms with van der Waals surface area (Å²) in [6, 6.07) is 5.88. The maximum absolute atomic E-state index is 14.8. The number of carbonyl (C=O) groups excluding carboxylic acids is 1. The number of amides is 1. The van der Waals surface area contributed by atoms with Crippen LogP contribution in [0.3, 0.4) is 0 Å². The van der Waals surface area contributed by atoms with Crippen molar-refractivity contribution in [1.82, 2.24) is 20.2 Å². The fourth-order valence-corrected chi connectivity index (χ4v) is 5.42. The van der Waals surface area contributed by atoms with Crippen LogP contribution in [0.2, 0.25) is 10.0 Å². The zero-order valence-corrected chi connectivity index (χ0v) is 20.5. The van der Waals surface area contributed by atoms with Gasteiger partial charge >= 0.3 is 0 Å². The zero-order chi connectivity index (χ0) is 24.7. The summed E-state index contributed by atoms with van der Waals surface area (Å²) in [5.74, 6) is -0.466. The van der Waals surface area contributed by atoms with Gasteiger partial charge in [0, 0.05) is 29.7 Å². The van der Waals surface area contributed by atoms with Gasteiger partial charge in [-0.3, -0.25) is 9.59 Å². The van der Waals surface area contributed by atoms with Gasteiger partial charge in [-0.1, -0.05) is 23.2 Å². The van der Waals surface area contributed by atoms with Crippen molar-refractivity contribution in [2.45, 2.75) is 25.5 Å². The highest BCUT2D eigenvalue weighted by Crippen LogP contribution is 2.37. The van der Waals surface area contributed by atoms with E-state index in [-0.39, 0.29) is 29.6 Å². The molecule has 0 radical (unpaired) electrons. The largest absolute Gasteiger partial charge is 0.374 e. The average Bonchev–Trinajstić information content (AvgIpc) is 2.83. The number of benzene rings is 2. The molecule has 1 fully saturated rings. The fraction of sp³-hybridized carbons (Fsp3) is 0.375. The molecule has 3 heterocycles. The normalized spacial score (nSPS) is 20.1. The van der Waals surface area contributed by atoms with Gasteiger partial charge in [-0.2, -0.15) is 0 Å². The van der Waals surface area contributed by atoms with Crippen LogP contribution in [-0.4, -0.2) is 53.6 Å². The van der Waals surface area contributed by atoms with Gasteiger partial charge in [-0.25, -0.2) is 9.37 Å². The van der Waals surface area contributed by atoms with Crippen molar-refractivity contribution in [3.8, 4) is 0 Å². The van der Waals surface area contributed by atoms with Crippen molar-refractivity contribution in [2.75, 3.05) is 38.1 Å². The Morgan fingerprint density at radius 2 is 2.14 bits per heavy atom. The van der Waals surface area contributed by atoms with E-state index in [2.05, 4.69) is 20.6 Å². The third-order valence-corrected chi connectivity index (χ3v) is 7.01. The lowest BCUT2D eigenvalue weighted by molar-refractivity contribution is -0.131. The average molecular weight is 520 g/mol. The van der Waals surface area contributed by atoms with Crippen LogP contribution in [0.4, 0.5) is 10.1 Å². The van der Waals surface area contributed by atoms with Gasteiger partial charge < -0.3 is 25.3 Å². The second-order valence-electron chi connectivity index (χ2n) is 8.69. The van der Waals surface area contributed by atoms with Crippen molar-refractivity contribution < 1.29 is 13.9 Å². The molecule has 1 amide bonds.